The van der Waals surface area contributed by atoms with Crippen LogP contribution in [-0.4, -0.2) is 10.7 Å². The van der Waals surface area contributed by atoms with Crippen molar-refractivity contribution in [2.24, 2.45) is 11.0 Å². The molecule has 3 nitrogen and oxygen atoms in total. The van der Waals surface area contributed by atoms with Crippen molar-refractivity contribution < 1.29 is 17.6 Å². The van der Waals surface area contributed by atoms with Crippen LogP contribution in [0, 0.1) is 29.4 Å². The van der Waals surface area contributed by atoms with Gasteiger partial charge in [-0.1, -0.05) is 6.92 Å². The zero-order valence-corrected chi connectivity index (χ0v) is 10.3. The number of nitrogens with one attached hydrogen (secondary N) is 1. The number of rotatable bonds is 2. The summed E-state index contributed by atoms with van der Waals surface area (Å²) >= 11 is 0. The number of halogens is 4. The topological polar surface area (TPSA) is 37.3 Å². The summed E-state index contributed by atoms with van der Waals surface area (Å²) in [6.07, 6.45) is 3.27. The molecule has 0 atom stereocenters. The normalized spacial score (nSPS) is 19.4. The quantitative estimate of drug-likeness (QED) is 0.508. The van der Waals surface area contributed by atoms with E-state index in [-0.39, 0.29) is 0 Å². The van der Waals surface area contributed by atoms with Crippen molar-refractivity contribution in [2.45, 2.75) is 32.6 Å². The molecule has 1 aromatic heterocycles. The zero-order chi connectivity index (χ0) is 14.0. The Kier molecular flexibility index (Phi) is 4.01. The fourth-order valence-corrected chi connectivity index (χ4v) is 1.93. The zero-order valence-electron chi connectivity index (χ0n) is 10.3. The minimum atomic E-state index is -1.70. The smallest absolute Gasteiger partial charge is 0.254 e. The summed E-state index contributed by atoms with van der Waals surface area (Å²) < 4.78 is 52.3. The second-order valence-corrected chi connectivity index (χ2v) is 4.67. The molecule has 1 saturated carbocycles. The summed E-state index contributed by atoms with van der Waals surface area (Å²) in [6.45, 7) is 2.11. The molecule has 0 amide bonds. The van der Waals surface area contributed by atoms with Gasteiger partial charge in [-0.05, 0) is 31.6 Å². The molecule has 7 heteroatoms. The maximum absolute atomic E-state index is 13.3. The van der Waals surface area contributed by atoms with Crippen molar-refractivity contribution in [3.05, 3.63) is 23.5 Å². The first kappa shape index (κ1) is 13.8. The molecule has 0 saturated heterocycles. The molecule has 0 spiro atoms. The number of anilines is 1. The molecular weight excluding hydrogens is 262 g/mol. The van der Waals surface area contributed by atoms with E-state index in [1.165, 1.54) is 0 Å². The minimum Gasteiger partial charge on any atom is -0.272 e. The van der Waals surface area contributed by atoms with Crippen molar-refractivity contribution in [1.29, 1.82) is 0 Å². The first-order valence-electron chi connectivity index (χ1n) is 6.00. The molecule has 104 valence electrons. The van der Waals surface area contributed by atoms with Crippen LogP contribution in [0.25, 0.3) is 0 Å². The van der Waals surface area contributed by atoms with Crippen LogP contribution in [0.5, 0.6) is 0 Å². The van der Waals surface area contributed by atoms with Crippen molar-refractivity contribution in [3.8, 4) is 0 Å². The van der Waals surface area contributed by atoms with E-state index in [2.05, 4.69) is 22.4 Å². The molecule has 1 aromatic rings. The Hall–Kier alpha value is -1.66. The summed E-state index contributed by atoms with van der Waals surface area (Å²) in [6, 6.07) is 0. The van der Waals surface area contributed by atoms with Gasteiger partial charge in [-0.2, -0.15) is 27.6 Å². The third-order valence-electron chi connectivity index (χ3n) is 3.17. The molecule has 1 fully saturated rings. The lowest BCUT2D eigenvalue weighted by Gasteiger charge is -2.19. The summed E-state index contributed by atoms with van der Waals surface area (Å²) in [5.74, 6) is -5.96. The molecular formula is C12H13F4N3. The van der Waals surface area contributed by atoms with Gasteiger partial charge in [0.25, 0.3) is 11.9 Å². The molecule has 0 radical (unpaired) electrons. The summed E-state index contributed by atoms with van der Waals surface area (Å²) in [4.78, 5) is 2.47. The van der Waals surface area contributed by atoms with E-state index in [1.807, 2.05) is 0 Å². The van der Waals surface area contributed by atoms with Gasteiger partial charge < -0.3 is 0 Å². The van der Waals surface area contributed by atoms with Crippen LogP contribution in [0.2, 0.25) is 0 Å². The number of nitrogens with zero attached hydrogens (tertiary/aromatic N) is 2. The predicted octanol–water partition coefficient (Wildman–Crippen LogP) is 3.62. The second-order valence-electron chi connectivity index (χ2n) is 4.67. The van der Waals surface area contributed by atoms with Crippen LogP contribution in [0.3, 0.4) is 0 Å². The van der Waals surface area contributed by atoms with Crippen molar-refractivity contribution in [3.63, 3.8) is 0 Å². The molecule has 19 heavy (non-hydrogen) atoms. The predicted molar refractivity (Wildman–Crippen MR) is 62.8 cm³/mol. The third kappa shape index (κ3) is 3.02. The molecule has 1 aliphatic rings. The van der Waals surface area contributed by atoms with Crippen LogP contribution in [0.1, 0.15) is 32.6 Å². The van der Waals surface area contributed by atoms with Crippen LogP contribution in [0.4, 0.5) is 23.2 Å². The Morgan fingerprint density at radius 2 is 1.58 bits per heavy atom. The van der Waals surface area contributed by atoms with Gasteiger partial charge in [0.2, 0.25) is 11.6 Å². The Morgan fingerprint density at radius 3 is 2.11 bits per heavy atom. The number of hydrogen-bond acceptors (Lipinski definition) is 3. The summed E-state index contributed by atoms with van der Waals surface area (Å²) in [5, 5.41) is 3.82. The third-order valence-corrected chi connectivity index (χ3v) is 3.17. The molecule has 0 aliphatic heterocycles. The highest BCUT2D eigenvalue weighted by Crippen LogP contribution is 2.24. The van der Waals surface area contributed by atoms with E-state index in [0.29, 0.717) is 18.8 Å². The van der Waals surface area contributed by atoms with E-state index in [1.54, 1.807) is 0 Å². The monoisotopic (exact) mass is 275 g/mol. The van der Waals surface area contributed by atoms with E-state index in [9.17, 15) is 17.6 Å². The standard InChI is InChI=1S/C12H13F4N3/c1-6-2-4-7(5-3-6)18-19-10-8(13)11(15)17-12(16)9(10)14/h6H,2-5H2,1H3,(H,17,19). The fourth-order valence-electron chi connectivity index (χ4n) is 1.93. The van der Waals surface area contributed by atoms with Crippen molar-refractivity contribution >= 4 is 11.4 Å². The van der Waals surface area contributed by atoms with Gasteiger partial charge in [0, 0.05) is 5.71 Å². The van der Waals surface area contributed by atoms with Gasteiger partial charge in [-0.25, -0.2) is 0 Å². The van der Waals surface area contributed by atoms with Gasteiger partial charge in [0.1, 0.15) is 5.69 Å². The average molecular weight is 275 g/mol. The number of hydrogen-bond donors (Lipinski definition) is 1. The molecule has 1 N–H and O–H groups in total. The summed E-state index contributed by atoms with van der Waals surface area (Å²) in [5.41, 5.74) is 1.85. The van der Waals surface area contributed by atoms with E-state index in [0.717, 1.165) is 18.6 Å². The fraction of sp³-hybridized carbons (Fsp3) is 0.500. The van der Waals surface area contributed by atoms with E-state index >= 15 is 0 Å². The van der Waals surface area contributed by atoms with Gasteiger partial charge in [0.15, 0.2) is 0 Å². The van der Waals surface area contributed by atoms with E-state index in [4.69, 9.17) is 0 Å². The number of hydrazone groups is 1. The lowest BCUT2D eigenvalue weighted by atomic mass is 9.90. The second kappa shape index (κ2) is 5.54. The Bertz CT molecular complexity index is 480. The van der Waals surface area contributed by atoms with Crippen molar-refractivity contribution in [1.82, 2.24) is 4.98 Å². The van der Waals surface area contributed by atoms with Gasteiger partial charge in [-0.15, -0.1) is 0 Å². The molecule has 0 bridgehead atoms. The van der Waals surface area contributed by atoms with Crippen LogP contribution >= 0.6 is 0 Å². The molecule has 1 heterocycles. The molecule has 0 unspecified atom stereocenters. The Labute approximate surface area is 107 Å². The van der Waals surface area contributed by atoms with Gasteiger partial charge in [-0.3, -0.25) is 5.43 Å². The largest absolute Gasteiger partial charge is 0.272 e. The minimum absolute atomic E-state index is 0.586. The lowest BCUT2D eigenvalue weighted by molar-refractivity contribution is 0.410. The SMILES string of the molecule is CC1CCC(=NNc2c(F)c(F)nc(F)c2F)CC1. The first-order chi connectivity index (χ1) is 8.99. The maximum atomic E-state index is 13.3. The molecule has 0 aromatic carbocycles. The highest BCUT2D eigenvalue weighted by atomic mass is 19.2. The first-order valence-corrected chi connectivity index (χ1v) is 6.00. The highest BCUT2D eigenvalue weighted by molar-refractivity contribution is 5.85. The van der Waals surface area contributed by atoms with Gasteiger partial charge >= 0.3 is 0 Å². The van der Waals surface area contributed by atoms with Crippen LogP contribution in [-0.2, 0) is 0 Å². The van der Waals surface area contributed by atoms with Gasteiger partial charge in [0.05, 0.1) is 0 Å². The molecule has 2 rings (SSSR count). The number of aromatic nitrogens is 1. The Balaban J connectivity index is 2.18. The number of pyridine rings is 1. The average Bonchev–Trinajstić information content (AvgIpc) is 2.38. The Morgan fingerprint density at radius 1 is 1.05 bits per heavy atom. The maximum Gasteiger partial charge on any atom is 0.254 e. The summed E-state index contributed by atoms with van der Waals surface area (Å²) in [7, 11) is 0. The van der Waals surface area contributed by atoms with Crippen molar-refractivity contribution in [2.75, 3.05) is 5.43 Å². The van der Waals surface area contributed by atoms with E-state index < -0.39 is 29.2 Å². The molecule has 1 aliphatic carbocycles. The van der Waals surface area contributed by atoms with Crippen LogP contribution in [0.15, 0.2) is 5.10 Å². The lowest BCUT2D eigenvalue weighted by Crippen LogP contribution is -2.14. The highest BCUT2D eigenvalue weighted by Gasteiger charge is 2.21. The van der Waals surface area contributed by atoms with Crippen LogP contribution < -0.4 is 5.43 Å².